The first kappa shape index (κ1) is 12.7. The van der Waals surface area contributed by atoms with Gasteiger partial charge in [0.2, 0.25) is 0 Å². The summed E-state index contributed by atoms with van der Waals surface area (Å²) >= 11 is 0. The zero-order valence-corrected chi connectivity index (χ0v) is 11.5. The fourth-order valence-corrected chi connectivity index (χ4v) is 2.60. The molecule has 1 aromatic carbocycles. The second-order valence-corrected chi connectivity index (χ2v) is 5.15. The topological polar surface area (TPSA) is 59.2 Å². The third kappa shape index (κ3) is 2.25. The first-order valence-corrected chi connectivity index (χ1v) is 6.76. The number of hydrogen-bond acceptors (Lipinski definition) is 3. The highest BCUT2D eigenvalue weighted by atomic mass is 16.2. The van der Waals surface area contributed by atoms with E-state index in [9.17, 15) is 4.79 Å². The van der Waals surface area contributed by atoms with Crippen molar-refractivity contribution in [1.29, 1.82) is 0 Å². The maximum atomic E-state index is 12.5. The molecule has 102 valence electrons. The summed E-state index contributed by atoms with van der Waals surface area (Å²) in [5, 5.41) is 0. The summed E-state index contributed by atoms with van der Waals surface area (Å²) < 4.78 is 0. The summed E-state index contributed by atoms with van der Waals surface area (Å²) in [7, 11) is 1.73. The summed E-state index contributed by atoms with van der Waals surface area (Å²) in [5.74, 6) is 0.557. The first-order chi connectivity index (χ1) is 9.65. The summed E-state index contributed by atoms with van der Waals surface area (Å²) in [6.07, 6.45) is 4.93. The lowest BCUT2D eigenvalue weighted by molar-refractivity contribution is 0.0992. The molecule has 0 saturated carbocycles. The second-order valence-electron chi connectivity index (χ2n) is 5.15. The van der Waals surface area contributed by atoms with Crippen LogP contribution in [0.2, 0.25) is 0 Å². The summed E-state index contributed by atoms with van der Waals surface area (Å²) in [6, 6.07) is 9.48. The standard InChI is InChI=1S/C16H17N3O/c1-19(15-8-7-14(17)10-18-15)16(20)13-6-5-11-3-2-4-12(11)9-13/h5-10H,2-4,17H2,1H3. The van der Waals surface area contributed by atoms with Crippen LogP contribution in [0.15, 0.2) is 36.5 Å². The van der Waals surface area contributed by atoms with E-state index in [1.54, 1.807) is 30.3 Å². The Kier molecular flexibility index (Phi) is 3.14. The maximum absolute atomic E-state index is 12.5. The number of carbonyl (C=O) groups is 1. The van der Waals surface area contributed by atoms with Crippen LogP contribution in [0.1, 0.15) is 27.9 Å². The highest BCUT2D eigenvalue weighted by molar-refractivity contribution is 6.05. The van der Waals surface area contributed by atoms with Crippen molar-refractivity contribution in [3.05, 3.63) is 53.2 Å². The number of anilines is 2. The summed E-state index contributed by atoms with van der Waals surface area (Å²) in [6.45, 7) is 0. The number of nitrogens with two attached hydrogens (primary N) is 1. The highest BCUT2D eigenvalue weighted by Gasteiger charge is 2.17. The normalized spacial score (nSPS) is 13.1. The van der Waals surface area contributed by atoms with Gasteiger partial charge in [-0.15, -0.1) is 0 Å². The van der Waals surface area contributed by atoms with Crippen molar-refractivity contribution in [1.82, 2.24) is 4.98 Å². The number of pyridine rings is 1. The highest BCUT2D eigenvalue weighted by Crippen LogP contribution is 2.24. The van der Waals surface area contributed by atoms with Gasteiger partial charge in [-0.25, -0.2) is 4.98 Å². The lowest BCUT2D eigenvalue weighted by Crippen LogP contribution is -2.27. The molecule has 0 unspecified atom stereocenters. The van der Waals surface area contributed by atoms with E-state index in [1.807, 2.05) is 12.1 Å². The molecule has 1 aliphatic rings. The van der Waals surface area contributed by atoms with E-state index in [2.05, 4.69) is 11.1 Å². The van der Waals surface area contributed by atoms with Crippen molar-refractivity contribution in [2.45, 2.75) is 19.3 Å². The molecule has 0 bridgehead atoms. The van der Waals surface area contributed by atoms with Gasteiger partial charge >= 0.3 is 0 Å². The van der Waals surface area contributed by atoms with E-state index in [0.29, 0.717) is 17.1 Å². The van der Waals surface area contributed by atoms with Crippen molar-refractivity contribution >= 4 is 17.4 Å². The van der Waals surface area contributed by atoms with Gasteiger partial charge in [-0.05, 0) is 54.7 Å². The Labute approximate surface area is 118 Å². The number of fused-ring (bicyclic) bond motifs is 1. The Balaban J connectivity index is 1.86. The van der Waals surface area contributed by atoms with Gasteiger partial charge in [-0.2, -0.15) is 0 Å². The van der Waals surface area contributed by atoms with Crippen molar-refractivity contribution in [2.75, 3.05) is 17.7 Å². The monoisotopic (exact) mass is 267 g/mol. The molecular formula is C16H17N3O. The molecular weight excluding hydrogens is 250 g/mol. The van der Waals surface area contributed by atoms with E-state index in [4.69, 9.17) is 5.73 Å². The maximum Gasteiger partial charge on any atom is 0.259 e. The molecule has 0 spiro atoms. The molecule has 0 radical (unpaired) electrons. The van der Waals surface area contributed by atoms with E-state index >= 15 is 0 Å². The molecule has 20 heavy (non-hydrogen) atoms. The van der Waals surface area contributed by atoms with Crippen LogP contribution in [-0.2, 0) is 12.8 Å². The molecule has 1 amide bonds. The minimum atomic E-state index is -0.0445. The molecule has 1 aromatic heterocycles. The Morgan fingerprint density at radius 3 is 2.75 bits per heavy atom. The first-order valence-electron chi connectivity index (χ1n) is 6.76. The quantitative estimate of drug-likeness (QED) is 0.909. The molecule has 3 rings (SSSR count). The molecule has 0 atom stereocenters. The van der Waals surface area contributed by atoms with Crippen LogP contribution in [-0.4, -0.2) is 17.9 Å². The number of nitrogens with zero attached hydrogens (tertiary/aromatic N) is 2. The minimum absolute atomic E-state index is 0.0445. The Morgan fingerprint density at radius 2 is 2.00 bits per heavy atom. The van der Waals surface area contributed by atoms with Gasteiger partial charge in [0.1, 0.15) is 5.82 Å². The van der Waals surface area contributed by atoms with Crippen LogP contribution < -0.4 is 10.6 Å². The van der Waals surface area contributed by atoms with Gasteiger partial charge in [-0.3, -0.25) is 9.69 Å². The number of hydrogen-bond donors (Lipinski definition) is 1. The third-order valence-corrected chi connectivity index (χ3v) is 3.76. The Morgan fingerprint density at radius 1 is 1.20 bits per heavy atom. The van der Waals surface area contributed by atoms with Crippen LogP contribution in [0.25, 0.3) is 0 Å². The van der Waals surface area contributed by atoms with E-state index in [-0.39, 0.29) is 5.91 Å². The van der Waals surface area contributed by atoms with Crippen molar-refractivity contribution in [3.8, 4) is 0 Å². The Hall–Kier alpha value is -2.36. The number of carbonyl (C=O) groups excluding carboxylic acids is 1. The van der Waals surface area contributed by atoms with E-state index in [1.165, 1.54) is 17.5 Å². The van der Waals surface area contributed by atoms with Crippen molar-refractivity contribution in [2.24, 2.45) is 0 Å². The number of amides is 1. The molecule has 2 N–H and O–H groups in total. The Bertz CT molecular complexity index is 649. The predicted molar refractivity (Wildman–Crippen MR) is 79.8 cm³/mol. The average molecular weight is 267 g/mol. The molecule has 1 aliphatic carbocycles. The third-order valence-electron chi connectivity index (χ3n) is 3.76. The summed E-state index contributed by atoms with van der Waals surface area (Å²) in [5.41, 5.74) is 9.58. The minimum Gasteiger partial charge on any atom is -0.397 e. The van der Waals surface area contributed by atoms with Crippen LogP contribution in [0, 0.1) is 0 Å². The van der Waals surface area contributed by atoms with Gasteiger partial charge in [0.15, 0.2) is 0 Å². The number of nitrogen functional groups attached to an aromatic ring is 1. The molecule has 0 saturated heterocycles. The molecule has 2 aromatic rings. The summed E-state index contributed by atoms with van der Waals surface area (Å²) in [4.78, 5) is 18.2. The van der Waals surface area contributed by atoms with Gasteiger partial charge in [-0.1, -0.05) is 6.07 Å². The lowest BCUT2D eigenvalue weighted by Gasteiger charge is -2.16. The van der Waals surface area contributed by atoms with Gasteiger partial charge in [0, 0.05) is 12.6 Å². The number of rotatable bonds is 2. The van der Waals surface area contributed by atoms with Crippen molar-refractivity contribution < 1.29 is 4.79 Å². The zero-order chi connectivity index (χ0) is 14.1. The van der Waals surface area contributed by atoms with Crippen LogP contribution in [0.4, 0.5) is 11.5 Å². The van der Waals surface area contributed by atoms with Gasteiger partial charge < -0.3 is 5.73 Å². The number of aryl methyl sites for hydroxylation is 2. The van der Waals surface area contributed by atoms with E-state index in [0.717, 1.165) is 12.8 Å². The van der Waals surface area contributed by atoms with E-state index < -0.39 is 0 Å². The van der Waals surface area contributed by atoms with Gasteiger partial charge in [0.25, 0.3) is 5.91 Å². The van der Waals surface area contributed by atoms with Crippen LogP contribution in [0.3, 0.4) is 0 Å². The molecule has 4 nitrogen and oxygen atoms in total. The smallest absolute Gasteiger partial charge is 0.259 e. The second kappa shape index (κ2) is 4.96. The number of benzene rings is 1. The molecule has 0 aliphatic heterocycles. The lowest BCUT2D eigenvalue weighted by atomic mass is 10.1. The fourth-order valence-electron chi connectivity index (χ4n) is 2.60. The zero-order valence-electron chi connectivity index (χ0n) is 11.5. The molecule has 1 heterocycles. The predicted octanol–water partition coefficient (Wildman–Crippen LogP) is 2.43. The molecule has 4 heteroatoms. The largest absolute Gasteiger partial charge is 0.397 e. The fraction of sp³-hybridized carbons (Fsp3) is 0.250. The average Bonchev–Trinajstić information content (AvgIpc) is 2.94. The molecule has 0 fully saturated rings. The number of aromatic nitrogens is 1. The van der Waals surface area contributed by atoms with Gasteiger partial charge in [0.05, 0.1) is 11.9 Å². The van der Waals surface area contributed by atoms with Crippen LogP contribution in [0.5, 0.6) is 0 Å². The SMILES string of the molecule is CN(C(=O)c1ccc2c(c1)CCC2)c1ccc(N)cn1. The van der Waals surface area contributed by atoms with Crippen LogP contribution >= 0.6 is 0 Å². The van der Waals surface area contributed by atoms with Crippen molar-refractivity contribution in [3.63, 3.8) is 0 Å².